The van der Waals surface area contributed by atoms with Gasteiger partial charge in [-0.3, -0.25) is 9.59 Å². The van der Waals surface area contributed by atoms with E-state index in [1.54, 1.807) is 23.5 Å². The number of carbonyl (C=O) groups excluding carboxylic acids is 2. The van der Waals surface area contributed by atoms with Gasteiger partial charge >= 0.3 is 11.9 Å². The summed E-state index contributed by atoms with van der Waals surface area (Å²) >= 11 is 45.9. The standard InChI is InChI=1S/C82H50O4S24/c1-85-57(83)35-37-87-79-81(109-77(107-79)67-63(73-99-49-27-11-12-28-50(49)100-73)59(69-91-41-19-3-4-20-42(41)92-69)60(70-93-43-21-5-6-22-44(43)94-70)64(67)74-101-51-29-13-14-30-52(51)102-74)89-39-40-90-82-80(88-38-36-58(84)86-2)108-78(110-82)68-65(75-103-53-31-15-16-32-54(53)104-75)61(71-95-45-23-7-8-24-46(45)96-71)62(72-97-47-25-9-10-26-48(47)98-72)66(68)76-105-55-33-17-18-34-56(55)106-76/h3-34H,35-40H2,1-2H3. The van der Waals surface area contributed by atoms with Crippen molar-refractivity contribution in [3.8, 4) is 0 Å². The van der Waals surface area contributed by atoms with Gasteiger partial charge in [0, 0.05) is 157 Å². The van der Waals surface area contributed by atoms with E-state index in [0.717, 1.165) is 11.5 Å². The number of methoxy groups -OCH3 is 2. The predicted molar refractivity (Wildman–Crippen MR) is 503 cm³/mol. The van der Waals surface area contributed by atoms with E-state index in [1.165, 1.54) is 208 Å². The topological polar surface area (TPSA) is 52.6 Å². The van der Waals surface area contributed by atoms with Crippen LogP contribution in [0.15, 0.2) is 388 Å². The molecule has 0 amide bonds. The van der Waals surface area contributed by atoms with Crippen LogP contribution in [0, 0.1) is 0 Å². The molecule has 2 fully saturated rings. The molecule has 8 aromatic carbocycles. The summed E-state index contributed by atoms with van der Waals surface area (Å²) in [5.41, 5.74) is 13.1. The molecule has 20 rings (SSSR count). The lowest BCUT2D eigenvalue weighted by Gasteiger charge is -2.13. The molecule has 0 atom stereocenters. The van der Waals surface area contributed by atoms with E-state index in [-0.39, 0.29) is 11.9 Å². The van der Waals surface area contributed by atoms with Gasteiger partial charge in [0.1, 0.15) is 0 Å². The maximum Gasteiger partial charge on any atom is 0.306 e. The van der Waals surface area contributed by atoms with Gasteiger partial charge in [0.2, 0.25) is 0 Å². The Kier molecular flexibility index (Phi) is 23.7. The van der Waals surface area contributed by atoms with Crippen LogP contribution in [0.4, 0.5) is 0 Å². The van der Waals surface area contributed by atoms with Gasteiger partial charge in [-0.25, -0.2) is 0 Å². The van der Waals surface area contributed by atoms with Gasteiger partial charge in [-0.1, -0.05) is 332 Å². The summed E-state index contributed by atoms with van der Waals surface area (Å²) < 4.78 is 28.6. The Hall–Kier alpha value is -2.02. The zero-order chi connectivity index (χ0) is 73.5. The number of allylic oxidation sites excluding steroid dienone is 10. The minimum Gasteiger partial charge on any atom is -0.469 e. The van der Waals surface area contributed by atoms with E-state index in [2.05, 4.69) is 194 Å². The van der Waals surface area contributed by atoms with E-state index in [0.29, 0.717) is 24.3 Å². The van der Waals surface area contributed by atoms with E-state index >= 15 is 0 Å². The van der Waals surface area contributed by atoms with E-state index in [4.69, 9.17) is 9.47 Å². The van der Waals surface area contributed by atoms with Crippen molar-refractivity contribution in [1.29, 1.82) is 0 Å². The van der Waals surface area contributed by atoms with Crippen LogP contribution in [0.2, 0.25) is 0 Å². The molecule has 0 unspecified atom stereocenters. The highest BCUT2D eigenvalue weighted by Crippen LogP contribution is 2.75. The number of hydrogen-bond acceptors (Lipinski definition) is 28. The molecular weight excluding hydrogens is 1820 g/mol. The van der Waals surface area contributed by atoms with Crippen molar-refractivity contribution in [2.24, 2.45) is 0 Å². The van der Waals surface area contributed by atoms with Gasteiger partial charge in [0.25, 0.3) is 0 Å². The van der Waals surface area contributed by atoms with E-state index < -0.39 is 0 Å². The first-order chi connectivity index (χ1) is 54.2. The molecular formula is C82H50O4S24. The third-order valence-electron chi connectivity index (χ3n) is 17.7. The maximum atomic E-state index is 13.1. The lowest BCUT2D eigenvalue weighted by Crippen LogP contribution is -2.00. The quantitative estimate of drug-likeness (QED) is 0.0812. The molecule has 12 aliphatic rings. The monoisotopic (exact) mass is 1870 g/mol. The van der Waals surface area contributed by atoms with Crippen LogP contribution in [0.25, 0.3) is 0 Å². The molecule has 0 bridgehead atoms. The van der Waals surface area contributed by atoms with Crippen LogP contribution >= 0.6 is 282 Å². The second-order valence-corrected chi connectivity index (χ2v) is 53.4. The molecule has 2 saturated carbocycles. The summed E-state index contributed by atoms with van der Waals surface area (Å²) in [6, 6.07) is 71.5. The highest BCUT2D eigenvalue weighted by molar-refractivity contribution is 8.42. The first kappa shape index (κ1) is 76.6. The number of carbonyl (C=O) groups is 2. The van der Waals surface area contributed by atoms with Crippen LogP contribution < -0.4 is 0 Å². The first-order valence-corrected chi connectivity index (χ1v) is 54.4. The number of rotatable bonds is 13. The second kappa shape index (κ2) is 34.0. The van der Waals surface area contributed by atoms with Crippen molar-refractivity contribution in [1.82, 2.24) is 0 Å². The molecule has 0 saturated heterocycles. The van der Waals surface area contributed by atoms with Gasteiger partial charge in [-0.05, 0) is 97.1 Å². The van der Waals surface area contributed by atoms with Gasteiger partial charge in [-0.15, -0.1) is 47.0 Å². The molecule has 4 nitrogen and oxygen atoms in total. The Morgan fingerprint density at radius 3 is 0.473 bits per heavy atom. The van der Waals surface area contributed by atoms with E-state index in [1.807, 2.05) is 259 Å². The van der Waals surface area contributed by atoms with Crippen molar-refractivity contribution >= 4 is 294 Å². The van der Waals surface area contributed by atoms with Crippen LogP contribution in [-0.2, 0) is 19.1 Å². The molecule has 0 aromatic heterocycles. The highest BCUT2D eigenvalue weighted by atomic mass is 32.3. The minimum atomic E-state index is -0.203. The van der Waals surface area contributed by atoms with E-state index in [9.17, 15) is 9.59 Å². The smallest absolute Gasteiger partial charge is 0.306 e. The highest BCUT2D eigenvalue weighted by Gasteiger charge is 2.49. The SMILES string of the molecule is COC(=O)CCSC1=C(SCCSC2=C(SCCC(=O)OC)SC(=C3C(=C4Sc5ccccc5S4)C(=C4Sc5ccccc5S4)C(=C4Sc5ccccc5S4)C3=C3Sc4ccccc4S3)S2)SC(=C2C(=C3Sc4ccccc4S3)C(=C3Sc4ccccc4S3)C(=C3Sc4ccccc4S3)C2=C2Sc3ccccc3S2)S1. The molecule has 10 heterocycles. The molecule has 28 heteroatoms. The number of hydrogen-bond donors (Lipinski definition) is 0. The third kappa shape index (κ3) is 15.2. The predicted octanol–water partition coefficient (Wildman–Crippen LogP) is 31.6. The third-order valence-corrected chi connectivity index (χ3v) is 49.5. The molecule has 0 N–H and O–H groups in total. The largest absolute Gasteiger partial charge is 0.469 e. The first-order valence-electron chi connectivity index (χ1n) is 34.1. The second-order valence-electron chi connectivity index (χ2n) is 24.4. The van der Waals surface area contributed by atoms with Crippen LogP contribution in [0.5, 0.6) is 0 Å². The summed E-state index contributed by atoms with van der Waals surface area (Å²) in [5.74, 6) is 2.46. The average Bonchev–Trinajstić information content (AvgIpc) is 1.55. The Labute approximate surface area is 740 Å². The molecule has 2 aliphatic carbocycles. The fraction of sp³-hybridized carbons (Fsp3) is 0.0976. The van der Waals surface area contributed by atoms with Crippen LogP contribution in [0.1, 0.15) is 12.8 Å². The zero-order valence-corrected chi connectivity index (χ0v) is 76.7. The average molecular weight is 1870 g/mol. The van der Waals surface area contributed by atoms with Crippen molar-refractivity contribution in [3.63, 3.8) is 0 Å². The zero-order valence-electron chi connectivity index (χ0n) is 57.1. The Balaban J connectivity index is 0.705. The lowest BCUT2D eigenvalue weighted by atomic mass is 10.1. The summed E-state index contributed by atoms with van der Waals surface area (Å²) in [5, 5.41) is 0. The summed E-state index contributed by atoms with van der Waals surface area (Å²) in [6.45, 7) is 0. The van der Waals surface area contributed by atoms with Crippen LogP contribution in [0.3, 0.4) is 0 Å². The summed E-state index contributed by atoms with van der Waals surface area (Å²) in [7, 11) is 2.99. The fourth-order valence-electron chi connectivity index (χ4n) is 12.9. The van der Waals surface area contributed by atoms with Crippen molar-refractivity contribution < 1.29 is 19.1 Å². The molecule has 546 valence electrons. The number of esters is 2. The Bertz CT molecular complexity index is 4940. The summed E-state index contributed by atoms with van der Waals surface area (Å²) in [4.78, 5) is 46.8. The van der Waals surface area contributed by atoms with Crippen molar-refractivity contribution in [2.75, 3.05) is 37.2 Å². The van der Waals surface area contributed by atoms with Gasteiger partial charge in [-0.2, -0.15) is 0 Å². The number of benzene rings is 8. The van der Waals surface area contributed by atoms with Gasteiger partial charge in [0.05, 0.1) is 86.4 Å². The summed E-state index contributed by atoms with van der Waals surface area (Å²) in [6.07, 6.45) is 0.620. The lowest BCUT2D eigenvalue weighted by molar-refractivity contribution is -0.140. The number of thioether (sulfide) groups is 24. The molecule has 0 radical (unpaired) electrons. The minimum absolute atomic E-state index is 0.203. The molecule has 10 aliphatic heterocycles. The van der Waals surface area contributed by atoms with Gasteiger partial charge < -0.3 is 9.47 Å². The van der Waals surface area contributed by atoms with Crippen LogP contribution in [-0.4, -0.2) is 49.2 Å². The maximum absolute atomic E-state index is 13.1. The fourth-order valence-corrected chi connectivity index (χ4v) is 45.6. The van der Waals surface area contributed by atoms with Crippen molar-refractivity contribution in [3.05, 3.63) is 309 Å². The van der Waals surface area contributed by atoms with Gasteiger partial charge in [0.15, 0.2) is 0 Å². The normalized spacial score (nSPS) is 18.8. The molecule has 110 heavy (non-hydrogen) atoms. The number of fused-ring (bicyclic) bond motifs is 8. The van der Waals surface area contributed by atoms with Crippen molar-refractivity contribution in [2.45, 2.75) is 91.2 Å². The molecule has 0 spiro atoms. The Morgan fingerprint density at radius 1 is 0.209 bits per heavy atom. The Morgan fingerprint density at radius 2 is 0.336 bits per heavy atom. The molecule has 8 aromatic rings. The number of ether oxygens (including phenoxy) is 2.